The fourth-order valence-electron chi connectivity index (χ4n) is 3.12. The van der Waals surface area contributed by atoms with E-state index >= 15 is 0 Å². The second-order valence-electron chi connectivity index (χ2n) is 7.11. The van der Waals surface area contributed by atoms with Crippen molar-refractivity contribution in [3.63, 3.8) is 0 Å². The number of carbonyl (C=O) groups excluding carboxylic acids is 1. The highest BCUT2D eigenvalue weighted by molar-refractivity contribution is 6.07. The molecule has 34 heavy (non-hydrogen) atoms. The highest BCUT2D eigenvalue weighted by Gasteiger charge is 2.08. The van der Waals surface area contributed by atoms with Crippen LogP contribution >= 0.6 is 0 Å². The van der Waals surface area contributed by atoms with E-state index < -0.39 is 6.61 Å². The normalized spacial score (nSPS) is 11.0. The van der Waals surface area contributed by atoms with Gasteiger partial charge in [0.2, 0.25) is 0 Å². The van der Waals surface area contributed by atoms with E-state index in [4.69, 9.17) is 14.2 Å². The minimum absolute atomic E-state index is 0.0586. The van der Waals surface area contributed by atoms with Gasteiger partial charge in [0.15, 0.2) is 17.3 Å². The molecule has 0 N–H and O–H groups in total. The zero-order valence-corrected chi connectivity index (χ0v) is 19.0. The lowest BCUT2D eigenvalue weighted by molar-refractivity contribution is -0.0498. The van der Waals surface area contributed by atoms with Gasteiger partial charge in [0.25, 0.3) is 0 Å². The lowest BCUT2D eigenvalue weighted by Crippen LogP contribution is -2.03. The van der Waals surface area contributed by atoms with Crippen LogP contribution in [0.3, 0.4) is 0 Å². The summed E-state index contributed by atoms with van der Waals surface area (Å²) in [5.41, 5.74) is 2.00. The van der Waals surface area contributed by atoms with Crippen LogP contribution < -0.4 is 18.9 Å². The third-order valence-electron chi connectivity index (χ3n) is 4.66. The summed E-state index contributed by atoms with van der Waals surface area (Å²) in [5.74, 6) is 1.68. The minimum atomic E-state index is -2.94. The number of rotatable bonds is 12. The predicted octanol–water partition coefficient (Wildman–Crippen LogP) is 6.56. The van der Waals surface area contributed by atoms with Crippen LogP contribution in [0.15, 0.2) is 72.8 Å². The zero-order valence-electron chi connectivity index (χ0n) is 19.0. The fraction of sp³-hybridized carbons (Fsp3) is 0.222. The summed E-state index contributed by atoms with van der Waals surface area (Å²) in [6.07, 6.45) is 3.03. The van der Waals surface area contributed by atoms with E-state index in [0.29, 0.717) is 37.1 Å². The molecule has 0 aliphatic rings. The van der Waals surface area contributed by atoms with E-state index in [-0.39, 0.29) is 17.1 Å². The number of ether oxygens (including phenoxy) is 4. The molecule has 5 nitrogen and oxygen atoms in total. The van der Waals surface area contributed by atoms with Crippen LogP contribution in [0.2, 0.25) is 0 Å². The molecule has 0 spiro atoms. The molecule has 0 unspecified atom stereocenters. The SMILES string of the molecule is CCOc1ccc(COc2ccc(/C=C/C(=O)c3cccc(OC(F)F)c3)cc2)cc1OCC. The number of ketones is 1. The largest absolute Gasteiger partial charge is 0.490 e. The second kappa shape index (κ2) is 12.4. The monoisotopic (exact) mass is 468 g/mol. The molecule has 178 valence electrons. The van der Waals surface area contributed by atoms with Gasteiger partial charge in [-0.15, -0.1) is 0 Å². The van der Waals surface area contributed by atoms with Crippen LogP contribution in [0.25, 0.3) is 6.08 Å². The number of hydrogen-bond acceptors (Lipinski definition) is 5. The van der Waals surface area contributed by atoms with E-state index in [2.05, 4.69) is 4.74 Å². The van der Waals surface area contributed by atoms with Crippen molar-refractivity contribution in [2.24, 2.45) is 0 Å². The molecule has 3 aromatic rings. The molecule has 3 rings (SSSR count). The first-order chi connectivity index (χ1) is 16.5. The number of carbonyl (C=O) groups is 1. The summed E-state index contributed by atoms with van der Waals surface area (Å²) < 4.78 is 46.1. The van der Waals surface area contributed by atoms with Crippen molar-refractivity contribution < 1.29 is 32.5 Å². The van der Waals surface area contributed by atoms with Crippen LogP contribution in [-0.4, -0.2) is 25.6 Å². The van der Waals surface area contributed by atoms with Crippen LogP contribution in [0.4, 0.5) is 8.78 Å². The topological polar surface area (TPSA) is 54.0 Å². The van der Waals surface area contributed by atoms with Gasteiger partial charge in [-0.3, -0.25) is 4.79 Å². The standard InChI is InChI=1S/C27H26F2O5/c1-3-31-25-15-11-20(16-26(25)32-4-2)18-33-22-12-8-19(9-13-22)10-14-24(30)21-6-5-7-23(17-21)34-27(28)29/h5-17,27H,3-4,18H2,1-2H3/b14-10+. The van der Waals surface area contributed by atoms with Crippen molar-refractivity contribution >= 4 is 11.9 Å². The highest BCUT2D eigenvalue weighted by Crippen LogP contribution is 2.29. The summed E-state index contributed by atoms with van der Waals surface area (Å²) in [4.78, 5) is 12.3. The Morgan fingerprint density at radius 3 is 2.29 bits per heavy atom. The molecule has 0 saturated heterocycles. The summed E-state index contributed by atoms with van der Waals surface area (Å²) in [5, 5.41) is 0. The van der Waals surface area contributed by atoms with Gasteiger partial charge in [-0.2, -0.15) is 8.78 Å². The molecule has 0 saturated carbocycles. The lowest BCUT2D eigenvalue weighted by Gasteiger charge is -2.13. The maximum absolute atomic E-state index is 12.4. The average molecular weight is 468 g/mol. The Hall–Kier alpha value is -3.87. The molecule has 0 fully saturated rings. The van der Waals surface area contributed by atoms with Gasteiger partial charge < -0.3 is 18.9 Å². The molecule has 0 aliphatic carbocycles. The maximum Gasteiger partial charge on any atom is 0.387 e. The van der Waals surface area contributed by atoms with Gasteiger partial charge in [0, 0.05) is 5.56 Å². The number of allylic oxidation sites excluding steroid dienone is 1. The Labute approximate surface area is 197 Å². The molecule has 0 radical (unpaired) electrons. The maximum atomic E-state index is 12.4. The van der Waals surface area contributed by atoms with E-state index in [1.165, 1.54) is 24.3 Å². The van der Waals surface area contributed by atoms with Gasteiger partial charge in [0.05, 0.1) is 13.2 Å². The number of hydrogen-bond donors (Lipinski definition) is 0. The lowest BCUT2D eigenvalue weighted by atomic mass is 10.1. The predicted molar refractivity (Wildman–Crippen MR) is 126 cm³/mol. The Morgan fingerprint density at radius 1 is 0.853 bits per heavy atom. The number of halogens is 2. The van der Waals surface area contributed by atoms with Crippen LogP contribution in [-0.2, 0) is 6.61 Å². The molecular weight excluding hydrogens is 442 g/mol. The van der Waals surface area contributed by atoms with Gasteiger partial charge >= 0.3 is 6.61 Å². The molecule has 0 aliphatic heterocycles. The Morgan fingerprint density at radius 2 is 1.59 bits per heavy atom. The van der Waals surface area contributed by atoms with Crippen molar-refractivity contribution in [2.75, 3.05) is 13.2 Å². The summed E-state index contributed by atoms with van der Waals surface area (Å²) >= 11 is 0. The Kier molecular flexibility index (Phi) is 9.03. The minimum Gasteiger partial charge on any atom is -0.490 e. The van der Waals surface area contributed by atoms with Gasteiger partial charge in [-0.1, -0.05) is 36.4 Å². The van der Waals surface area contributed by atoms with Gasteiger partial charge in [0.1, 0.15) is 18.1 Å². The Bertz CT molecular complexity index is 1110. The molecule has 0 amide bonds. The van der Waals surface area contributed by atoms with Crippen molar-refractivity contribution in [1.29, 1.82) is 0 Å². The molecule has 0 atom stereocenters. The smallest absolute Gasteiger partial charge is 0.387 e. The zero-order chi connectivity index (χ0) is 24.3. The molecule has 0 bridgehead atoms. The molecule has 7 heteroatoms. The first kappa shape index (κ1) is 24.8. The summed E-state index contributed by atoms with van der Waals surface area (Å²) in [7, 11) is 0. The van der Waals surface area contributed by atoms with E-state index in [1.807, 2.05) is 44.2 Å². The van der Waals surface area contributed by atoms with Crippen molar-refractivity contribution in [3.05, 3.63) is 89.5 Å². The first-order valence-corrected chi connectivity index (χ1v) is 10.9. The Balaban J connectivity index is 1.58. The summed E-state index contributed by atoms with van der Waals surface area (Å²) in [6, 6.07) is 18.6. The summed E-state index contributed by atoms with van der Waals surface area (Å²) in [6.45, 7) is 2.35. The van der Waals surface area contributed by atoms with Crippen molar-refractivity contribution in [1.82, 2.24) is 0 Å². The molecular formula is C27H26F2O5. The van der Waals surface area contributed by atoms with Crippen LogP contribution in [0.5, 0.6) is 23.0 Å². The van der Waals surface area contributed by atoms with Crippen molar-refractivity contribution in [2.45, 2.75) is 27.1 Å². The number of alkyl halides is 2. The fourth-order valence-corrected chi connectivity index (χ4v) is 3.12. The average Bonchev–Trinajstić information content (AvgIpc) is 2.83. The molecule has 0 aromatic heterocycles. The number of benzene rings is 3. The van der Waals surface area contributed by atoms with Crippen LogP contribution in [0, 0.1) is 0 Å². The molecule has 0 heterocycles. The van der Waals surface area contributed by atoms with Gasteiger partial charge in [-0.25, -0.2) is 0 Å². The van der Waals surface area contributed by atoms with E-state index in [9.17, 15) is 13.6 Å². The van der Waals surface area contributed by atoms with Crippen molar-refractivity contribution in [3.8, 4) is 23.0 Å². The van der Waals surface area contributed by atoms with E-state index in [1.54, 1.807) is 24.3 Å². The van der Waals surface area contributed by atoms with Crippen LogP contribution in [0.1, 0.15) is 35.3 Å². The molecule has 3 aromatic carbocycles. The van der Waals surface area contributed by atoms with E-state index in [0.717, 1.165) is 11.1 Å². The third-order valence-corrected chi connectivity index (χ3v) is 4.66. The third kappa shape index (κ3) is 7.33. The quantitative estimate of drug-likeness (QED) is 0.223. The van der Waals surface area contributed by atoms with Gasteiger partial charge in [-0.05, 0) is 67.4 Å². The first-order valence-electron chi connectivity index (χ1n) is 10.9. The highest BCUT2D eigenvalue weighted by atomic mass is 19.3. The second-order valence-corrected chi connectivity index (χ2v) is 7.11.